The molecule has 0 saturated heterocycles. The normalized spacial score (nSPS) is 11.6. The maximum Gasteiger partial charge on any atom is 0.261 e. The van der Waals surface area contributed by atoms with Crippen molar-refractivity contribution in [1.29, 1.82) is 0 Å². The Morgan fingerprint density at radius 1 is 1.14 bits per heavy atom. The van der Waals surface area contributed by atoms with Crippen molar-refractivity contribution in [2.45, 2.75) is 26.4 Å². The summed E-state index contributed by atoms with van der Waals surface area (Å²) >= 11 is 12.0. The van der Waals surface area contributed by atoms with Gasteiger partial charge in [0.25, 0.3) is 5.91 Å². The third kappa shape index (κ3) is 6.11. The summed E-state index contributed by atoms with van der Waals surface area (Å²) < 4.78 is 18.4. The van der Waals surface area contributed by atoms with E-state index in [1.165, 1.54) is 29.2 Å². The lowest BCUT2D eigenvalue weighted by Crippen LogP contribution is -2.49. The van der Waals surface area contributed by atoms with E-state index in [0.29, 0.717) is 22.3 Å². The fraction of sp³-hybridized carbons (Fsp3) is 0.300. The van der Waals surface area contributed by atoms with Crippen molar-refractivity contribution in [3.63, 3.8) is 0 Å². The molecule has 5 nitrogen and oxygen atoms in total. The Bertz CT molecular complexity index is 831. The van der Waals surface area contributed by atoms with Crippen LogP contribution >= 0.6 is 23.2 Å². The molecule has 2 amide bonds. The average Bonchev–Trinajstić information content (AvgIpc) is 2.67. The zero-order valence-corrected chi connectivity index (χ0v) is 17.1. The quantitative estimate of drug-likeness (QED) is 0.691. The van der Waals surface area contributed by atoms with E-state index >= 15 is 0 Å². The zero-order valence-electron chi connectivity index (χ0n) is 15.5. The van der Waals surface area contributed by atoms with Crippen molar-refractivity contribution in [1.82, 2.24) is 10.2 Å². The molecule has 2 rings (SSSR count). The molecule has 0 bridgehead atoms. The maximum atomic E-state index is 13.0. The minimum Gasteiger partial charge on any atom is -0.484 e. The van der Waals surface area contributed by atoms with E-state index in [-0.39, 0.29) is 19.1 Å². The van der Waals surface area contributed by atoms with E-state index in [2.05, 4.69) is 5.32 Å². The van der Waals surface area contributed by atoms with Gasteiger partial charge in [0.05, 0.1) is 10.0 Å². The van der Waals surface area contributed by atoms with Crippen molar-refractivity contribution in [2.75, 3.05) is 13.2 Å². The molecule has 28 heavy (non-hydrogen) atoms. The van der Waals surface area contributed by atoms with Gasteiger partial charge >= 0.3 is 0 Å². The molecule has 0 radical (unpaired) electrons. The van der Waals surface area contributed by atoms with E-state index in [1.54, 1.807) is 32.0 Å². The van der Waals surface area contributed by atoms with Gasteiger partial charge in [0.15, 0.2) is 6.61 Å². The Hall–Kier alpha value is -2.31. The van der Waals surface area contributed by atoms with Crippen LogP contribution in [0, 0.1) is 5.82 Å². The van der Waals surface area contributed by atoms with Crippen LogP contribution < -0.4 is 10.1 Å². The smallest absolute Gasteiger partial charge is 0.261 e. The Labute approximate surface area is 173 Å². The first-order valence-corrected chi connectivity index (χ1v) is 9.47. The highest BCUT2D eigenvalue weighted by Gasteiger charge is 2.26. The van der Waals surface area contributed by atoms with Crippen molar-refractivity contribution < 1.29 is 18.7 Å². The molecule has 8 heteroatoms. The molecule has 1 atom stereocenters. The second-order valence-corrected chi connectivity index (χ2v) is 6.90. The van der Waals surface area contributed by atoms with Crippen LogP contribution in [0.3, 0.4) is 0 Å². The minimum absolute atomic E-state index is 0.154. The molecule has 0 fully saturated rings. The predicted octanol–water partition coefficient (Wildman–Crippen LogP) is 4.06. The van der Waals surface area contributed by atoms with Crippen LogP contribution in [0.1, 0.15) is 19.4 Å². The molecule has 0 aliphatic heterocycles. The van der Waals surface area contributed by atoms with E-state index in [4.69, 9.17) is 27.9 Å². The highest BCUT2D eigenvalue weighted by Crippen LogP contribution is 2.24. The summed E-state index contributed by atoms with van der Waals surface area (Å²) in [4.78, 5) is 26.5. The summed E-state index contributed by atoms with van der Waals surface area (Å²) in [5.41, 5.74) is 0.723. The van der Waals surface area contributed by atoms with Gasteiger partial charge in [-0.2, -0.15) is 0 Å². The summed E-state index contributed by atoms with van der Waals surface area (Å²) in [6, 6.07) is 9.63. The summed E-state index contributed by atoms with van der Waals surface area (Å²) in [6.07, 6.45) is 0. The summed E-state index contributed by atoms with van der Waals surface area (Å²) in [5, 5.41) is 3.47. The molecular weight excluding hydrogens is 406 g/mol. The molecule has 0 aromatic heterocycles. The van der Waals surface area contributed by atoms with Crippen LogP contribution in [0.25, 0.3) is 0 Å². The number of ether oxygens (including phenoxy) is 1. The number of halogens is 3. The lowest BCUT2D eigenvalue weighted by atomic mass is 10.1. The van der Waals surface area contributed by atoms with Gasteiger partial charge in [-0.1, -0.05) is 29.3 Å². The van der Waals surface area contributed by atoms with Crippen LogP contribution in [-0.4, -0.2) is 35.9 Å². The Balaban J connectivity index is 2.15. The van der Waals surface area contributed by atoms with Gasteiger partial charge < -0.3 is 15.0 Å². The maximum absolute atomic E-state index is 13.0. The second-order valence-electron chi connectivity index (χ2n) is 6.08. The van der Waals surface area contributed by atoms with Crippen LogP contribution in [0.4, 0.5) is 4.39 Å². The lowest BCUT2D eigenvalue weighted by molar-refractivity contribution is -0.142. The van der Waals surface area contributed by atoms with Crippen LogP contribution in [0.2, 0.25) is 10.0 Å². The van der Waals surface area contributed by atoms with Gasteiger partial charge in [-0.05, 0) is 55.8 Å². The summed E-state index contributed by atoms with van der Waals surface area (Å²) in [7, 11) is 0. The highest BCUT2D eigenvalue weighted by molar-refractivity contribution is 6.42. The number of nitrogens with zero attached hydrogens (tertiary/aromatic N) is 1. The largest absolute Gasteiger partial charge is 0.484 e. The molecule has 0 aliphatic rings. The monoisotopic (exact) mass is 426 g/mol. The molecule has 1 unspecified atom stereocenters. The predicted molar refractivity (Wildman–Crippen MR) is 107 cm³/mol. The minimum atomic E-state index is -0.723. The number of benzene rings is 2. The van der Waals surface area contributed by atoms with Crippen molar-refractivity contribution in [3.8, 4) is 5.75 Å². The number of carbonyl (C=O) groups is 2. The fourth-order valence-electron chi connectivity index (χ4n) is 2.50. The number of carbonyl (C=O) groups excluding carboxylic acids is 2. The van der Waals surface area contributed by atoms with Gasteiger partial charge in [-0.15, -0.1) is 0 Å². The van der Waals surface area contributed by atoms with Crippen LogP contribution in [0.15, 0.2) is 42.5 Å². The molecule has 0 saturated carbocycles. The number of likely N-dealkylation sites (N-methyl/N-ethyl adjacent to an activating group) is 1. The average molecular weight is 427 g/mol. The van der Waals surface area contributed by atoms with Gasteiger partial charge in [-0.25, -0.2) is 4.39 Å². The van der Waals surface area contributed by atoms with Gasteiger partial charge in [0, 0.05) is 13.1 Å². The fourth-order valence-corrected chi connectivity index (χ4v) is 2.82. The van der Waals surface area contributed by atoms with Crippen molar-refractivity contribution >= 4 is 35.0 Å². The first-order valence-electron chi connectivity index (χ1n) is 8.71. The van der Waals surface area contributed by atoms with E-state index in [0.717, 1.165) is 5.56 Å². The summed E-state index contributed by atoms with van der Waals surface area (Å²) in [6.45, 7) is 3.74. The molecule has 150 valence electrons. The highest BCUT2D eigenvalue weighted by atomic mass is 35.5. The van der Waals surface area contributed by atoms with E-state index in [1.807, 2.05) is 0 Å². The third-order valence-electron chi connectivity index (χ3n) is 4.03. The number of amides is 2. The molecule has 0 aliphatic carbocycles. The molecular formula is C20H21Cl2FN2O3. The van der Waals surface area contributed by atoms with Crippen molar-refractivity contribution in [2.24, 2.45) is 0 Å². The molecule has 0 spiro atoms. The molecule has 1 N–H and O–H groups in total. The topological polar surface area (TPSA) is 58.6 Å². The van der Waals surface area contributed by atoms with Gasteiger partial charge in [0.2, 0.25) is 5.91 Å². The standard InChI is InChI=1S/C20H21Cl2FN2O3/c1-3-24-20(27)13(2)25(11-14-4-9-17(21)18(22)10-14)19(26)12-28-16-7-5-15(23)6-8-16/h4-10,13H,3,11-12H2,1-2H3,(H,24,27). The van der Waals surface area contributed by atoms with Crippen molar-refractivity contribution in [3.05, 3.63) is 63.9 Å². The summed E-state index contributed by atoms with van der Waals surface area (Å²) in [5.74, 6) is -0.716. The van der Waals surface area contributed by atoms with Crippen LogP contribution in [0.5, 0.6) is 5.75 Å². The molecule has 2 aromatic carbocycles. The van der Waals surface area contributed by atoms with Gasteiger partial charge in [0.1, 0.15) is 17.6 Å². The zero-order chi connectivity index (χ0) is 20.7. The lowest BCUT2D eigenvalue weighted by Gasteiger charge is -2.28. The van der Waals surface area contributed by atoms with E-state index in [9.17, 15) is 14.0 Å². The first-order chi connectivity index (χ1) is 13.3. The molecule has 2 aromatic rings. The number of nitrogens with one attached hydrogen (secondary N) is 1. The van der Waals surface area contributed by atoms with E-state index < -0.39 is 17.8 Å². The first kappa shape index (κ1) is 22.0. The number of rotatable bonds is 8. The van der Waals surface area contributed by atoms with Gasteiger partial charge in [-0.3, -0.25) is 9.59 Å². The SMILES string of the molecule is CCNC(=O)C(C)N(Cc1ccc(Cl)c(Cl)c1)C(=O)COc1ccc(F)cc1. The molecule has 0 heterocycles. The Morgan fingerprint density at radius 2 is 1.82 bits per heavy atom. The number of hydrogen-bond acceptors (Lipinski definition) is 3. The number of hydrogen-bond donors (Lipinski definition) is 1. The third-order valence-corrected chi connectivity index (χ3v) is 4.77. The Morgan fingerprint density at radius 3 is 2.43 bits per heavy atom. The van der Waals surface area contributed by atoms with Crippen LogP contribution in [-0.2, 0) is 16.1 Å². The second kappa shape index (κ2) is 10.3. The Kier molecular flexibility index (Phi) is 8.08.